The first-order chi connectivity index (χ1) is 7.81. The van der Waals surface area contributed by atoms with Gasteiger partial charge in [0.05, 0.1) is 18.8 Å². The molecule has 2 atom stereocenters. The molecule has 0 bridgehead atoms. The summed E-state index contributed by atoms with van der Waals surface area (Å²) in [5, 5.41) is 3.33. The zero-order chi connectivity index (χ0) is 11.8. The van der Waals surface area contributed by atoms with E-state index in [9.17, 15) is 0 Å². The second-order valence-corrected chi connectivity index (χ2v) is 4.05. The molecule has 5 nitrogen and oxygen atoms in total. The minimum atomic E-state index is 0.212. The van der Waals surface area contributed by atoms with Crippen molar-refractivity contribution in [3.05, 3.63) is 0 Å². The average Bonchev–Trinajstić information content (AvgIpc) is 2.71. The molecule has 0 radical (unpaired) electrons. The normalized spacial score (nSPS) is 26.4. The molecular formula is C11H24N2O3. The first kappa shape index (κ1) is 13.9. The fraction of sp³-hybridized carbons (Fsp3) is 1.00. The molecule has 0 aromatic rings. The third-order valence-electron chi connectivity index (χ3n) is 2.98. The van der Waals surface area contributed by atoms with Gasteiger partial charge in [-0.1, -0.05) is 0 Å². The lowest BCUT2D eigenvalue weighted by molar-refractivity contribution is -0.00461. The molecule has 1 fully saturated rings. The van der Waals surface area contributed by atoms with Gasteiger partial charge in [-0.05, 0) is 0 Å². The maximum absolute atomic E-state index is 5.38. The van der Waals surface area contributed by atoms with Gasteiger partial charge < -0.3 is 19.5 Å². The molecule has 1 N–H and O–H groups in total. The maximum atomic E-state index is 5.38. The molecule has 1 rings (SSSR count). The van der Waals surface area contributed by atoms with Gasteiger partial charge in [-0.25, -0.2) is 0 Å². The number of rotatable bonds is 8. The van der Waals surface area contributed by atoms with Gasteiger partial charge in [0.2, 0.25) is 0 Å². The third-order valence-corrected chi connectivity index (χ3v) is 2.98. The van der Waals surface area contributed by atoms with Crippen LogP contribution in [0.1, 0.15) is 0 Å². The Morgan fingerprint density at radius 1 is 1.06 bits per heavy atom. The van der Waals surface area contributed by atoms with E-state index in [2.05, 4.69) is 10.2 Å². The summed E-state index contributed by atoms with van der Waals surface area (Å²) in [7, 11) is 5.21. The van der Waals surface area contributed by atoms with E-state index in [-0.39, 0.29) is 12.2 Å². The van der Waals surface area contributed by atoms with Gasteiger partial charge >= 0.3 is 0 Å². The van der Waals surface area contributed by atoms with Crippen molar-refractivity contribution in [2.75, 3.05) is 60.7 Å². The van der Waals surface area contributed by atoms with Gasteiger partial charge in [0.25, 0.3) is 0 Å². The molecule has 0 saturated carbocycles. The Hall–Kier alpha value is -0.200. The molecule has 1 aliphatic heterocycles. The summed E-state index contributed by atoms with van der Waals surface area (Å²) in [6.45, 7) is 5.61. The van der Waals surface area contributed by atoms with Crippen molar-refractivity contribution in [1.82, 2.24) is 10.2 Å². The highest BCUT2D eigenvalue weighted by molar-refractivity contribution is 4.85. The number of ether oxygens (including phenoxy) is 3. The zero-order valence-corrected chi connectivity index (χ0v) is 10.6. The van der Waals surface area contributed by atoms with E-state index in [1.807, 2.05) is 0 Å². The summed E-state index contributed by atoms with van der Waals surface area (Å²) >= 11 is 0. The van der Waals surface area contributed by atoms with Crippen LogP contribution in [0.3, 0.4) is 0 Å². The zero-order valence-electron chi connectivity index (χ0n) is 10.6. The Labute approximate surface area is 98.0 Å². The molecule has 0 aromatic carbocycles. The number of hydrogen-bond acceptors (Lipinski definition) is 5. The largest absolute Gasteiger partial charge is 0.383 e. The van der Waals surface area contributed by atoms with Gasteiger partial charge in [0.15, 0.2) is 0 Å². The summed E-state index contributed by atoms with van der Waals surface area (Å²) in [4.78, 5) is 2.36. The number of hydrogen-bond donors (Lipinski definition) is 1. The van der Waals surface area contributed by atoms with Crippen molar-refractivity contribution >= 4 is 0 Å². The Morgan fingerprint density at radius 3 is 2.19 bits per heavy atom. The molecule has 2 unspecified atom stereocenters. The molecule has 1 saturated heterocycles. The second-order valence-electron chi connectivity index (χ2n) is 4.05. The summed E-state index contributed by atoms with van der Waals surface area (Å²) in [5.41, 5.74) is 0. The molecule has 0 aromatic heterocycles. The van der Waals surface area contributed by atoms with Crippen LogP contribution in [0, 0.1) is 0 Å². The average molecular weight is 232 g/mol. The highest BCUT2D eigenvalue weighted by Gasteiger charge is 2.32. The van der Waals surface area contributed by atoms with Crippen molar-refractivity contribution in [2.24, 2.45) is 0 Å². The van der Waals surface area contributed by atoms with Crippen molar-refractivity contribution in [3.63, 3.8) is 0 Å². The molecule has 0 spiro atoms. The van der Waals surface area contributed by atoms with E-state index in [1.54, 1.807) is 21.3 Å². The molecule has 96 valence electrons. The topological polar surface area (TPSA) is 43.0 Å². The van der Waals surface area contributed by atoms with E-state index in [0.717, 1.165) is 39.3 Å². The summed E-state index contributed by atoms with van der Waals surface area (Å²) in [6.07, 6.45) is 0.424. The standard InChI is InChI=1S/C11H24N2O3/c1-14-7-5-12-4-6-13-8-10(15-2)11(9-13)16-3/h10-12H,4-9H2,1-3H3. The molecule has 16 heavy (non-hydrogen) atoms. The van der Waals surface area contributed by atoms with E-state index < -0.39 is 0 Å². The first-order valence-corrected chi connectivity index (χ1v) is 5.79. The van der Waals surface area contributed by atoms with Crippen LogP contribution in [-0.4, -0.2) is 77.8 Å². The van der Waals surface area contributed by atoms with Crippen molar-refractivity contribution < 1.29 is 14.2 Å². The van der Waals surface area contributed by atoms with E-state index in [0.29, 0.717) is 0 Å². The Morgan fingerprint density at radius 2 is 1.69 bits per heavy atom. The van der Waals surface area contributed by atoms with Crippen LogP contribution in [0.25, 0.3) is 0 Å². The molecule has 0 aliphatic carbocycles. The number of nitrogens with one attached hydrogen (secondary N) is 1. The van der Waals surface area contributed by atoms with Gasteiger partial charge in [0.1, 0.15) is 0 Å². The lowest BCUT2D eigenvalue weighted by Crippen LogP contribution is -2.32. The smallest absolute Gasteiger partial charge is 0.0971 e. The van der Waals surface area contributed by atoms with Crippen LogP contribution in [0.15, 0.2) is 0 Å². The first-order valence-electron chi connectivity index (χ1n) is 5.79. The summed E-state index contributed by atoms with van der Waals surface area (Å²) in [6, 6.07) is 0. The predicted molar refractivity (Wildman–Crippen MR) is 62.8 cm³/mol. The van der Waals surface area contributed by atoms with Crippen LogP contribution in [0.5, 0.6) is 0 Å². The van der Waals surface area contributed by atoms with Crippen LogP contribution in [0.2, 0.25) is 0 Å². The fourth-order valence-electron chi connectivity index (χ4n) is 1.99. The number of methoxy groups -OCH3 is 3. The predicted octanol–water partition coefficient (Wildman–Crippen LogP) is -0.432. The van der Waals surface area contributed by atoms with Crippen LogP contribution >= 0.6 is 0 Å². The fourth-order valence-corrected chi connectivity index (χ4v) is 1.99. The van der Waals surface area contributed by atoms with Gasteiger partial charge in [-0.3, -0.25) is 4.90 Å². The van der Waals surface area contributed by atoms with Crippen molar-refractivity contribution in [3.8, 4) is 0 Å². The maximum Gasteiger partial charge on any atom is 0.0971 e. The molecule has 1 heterocycles. The Balaban J connectivity index is 2.10. The van der Waals surface area contributed by atoms with Crippen LogP contribution in [-0.2, 0) is 14.2 Å². The van der Waals surface area contributed by atoms with Gasteiger partial charge in [-0.2, -0.15) is 0 Å². The summed E-state index contributed by atoms with van der Waals surface area (Å²) < 4.78 is 15.7. The van der Waals surface area contributed by atoms with Crippen molar-refractivity contribution in [1.29, 1.82) is 0 Å². The van der Waals surface area contributed by atoms with Crippen LogP contribution < -0.4 is 5.32 Å². The van der Waals surface area contributed by atoms with E-state index in [4.69, 9.17) is 14.2 Å². The highest BCUT2D eigenvalue weighted by Crippen LogP contribution is 2.14. The highest BCUT2D eigenvalue weighted by atomic mass is 16.5. The minimum Gasteiger partial charge on any atom is -0.383 e. The van der Waals surface area contributed by atoms with E-state index in [1.165, 1.54) is 0 Å². The summed E-state index contributed by atoms with van der Waals surface area (Å²) in [5.74, 6) is 0. The Kier molecular flexibility index (Phi) is 6.91. The number of nitrogens with zero attached hydrogens (tertiary/aromatic N) is 1. The lowest BCUT2D eigenvalue weighted by Gasteiger charge is -2.15. The SMILES string of the molecule is COCCNCCN1CC(OC)C(OC)C1. The number of likely N-dealkylation sites (tertiary alicyclic amines) is 1. The van der Waals surface area contributed by atoms with E-state index >= 15 is 0 Å². The third kappa shape index (κ3) is 4.35. The van der Waals surface area contributed by atoms with Gasteiger partial charge in [-0.15, -0.1) is 0 Å². The quantitative estimate of drug-likeness (QED) is 0.575. The Bertz CT molecular complexity index is 169. The lowest BCUT2D eigenvalue weighted by atomic mass is 10.3. The molecule has 0 amide bonds. The van der Waals surface area contributed by atoms with Crippen molar-refractivity contribution in [2.45, 2.75) is 12.2 Å². The monoisotopic (exact) mass is 232 g/mol. The molecular weight excluding hydrogens is 208 g/mol. The minimum absolute atomic E-state index is 0.212. The molecule has 1 aliphatic rings. The van der Waals surface area contributed by atoms with Crippen LogP contribution in [0.4, 0.5) is 0 Å². The second kappa shape index (κ2) is 7.97. The van der Waals surface area contributed by atoms with Gasteiger partial charge in [0, 0.05) is 54.1 Å². The molecule has 5 heteroatoms.